The Morgan fingerprint density at radius 1 is 0.879 bits per heavy atom. The maximum atomic E-state index is 13.4. The molecule has 0 aliphatic carbocycles. The Labute approximate surface area is 195 Å². The van der Waals surface area contributed by atoms with Gasteiger partial charge < -0.3 is 4.74 Å². The van der Waals surface area contributed by atoms with E-state index in [0.717, 1.165) is 0 Å². The normalized spacial score (nSPS) is 17.8. The fourth-order valence-corrected chi connectivity index (χ4v) is 4.09. The third kappa shape index (κ3) is 4.30. The average Bonchev–Trinajstić information content (AvgIpc) is 3.10. The number of carbonyl (C=O) groups is 4. The van der Waals surface area contributed by atoms with Crippen LogP contribution in [0.3, 0.4) is 0 Å². The van der Waals surface area contributed by atoms with E-state index < -0.39 is 35.4 Å². The fraction of sp³-hybridized carbons (Fsp3) is 0.154. The van der Waals surface area contributed by atoms with Crippen LogP contribution < -0.4 is 4.90 Å². The van der Waals surface area contributed by atoms with E-state index in [2.05, 4.69) is 0 Å². The number of esters is 1. The van der Waals surface area contributed by atoms with Crippen LogP contribution in [0.15, 0.2) is 78.9 Å². The lowest BCUT2D eigenvalue weighted by Crippen LogP contribution is -2.30. The zero-order valence-electron chi connectivity index (χ0n) is 17.7. The van der Waals surface area contributed by atoms with E-state index >= 15 is 0 Å². The fourth-order valence-electron chi connectivity index (χ4n) is 3.97. The highest BCUT2D eigenvalue weighted by Gasteiger charge is 2.52. The van der Waals surface area contributed by atoms with Gasteiger partial charge in [0, 0.05) is 16.3 Å². The van der Waals surface area contributed by atoms with Crippen LogP contribution in [0.25, 0.3) is 0 Å². The number of rotatable bonds is 6. The Morgan fingerprint density at radius 2 is 1.48 bits per heavy atom. The molecule has 166 valence electrons. The number of Topliss-reactive ketones (excluding diaryl/α,β-unsaturated/α-hetero) is 2. The summed E-state index contributed by atoms with van der Waals surface area (Å²) in [6.07, 6.45) is 0. The zero-order chi connectivity index (χ0) is 23.5. The van der Waals surface area contributed by atoms with Crippen molar-refractivity contribution in [2.24, 2.45) is 5.92 Å². The highest BCUT2D eigenvalue weighted by molar-refractivity contribution is 6.49. The molecule has 0 N–H and O–H groups in total. The molecule has 33 heavy (non-hydrogen) atoms. The first-order chi connectivity index (χ1) is 15.9. The van der Waals surface area contributed by atoms with E-state index in [1.54, 1.807) is 67.6 Å². The van der Waals surface area contributed by atoms with Crippen molar-refractivity contribution in [2.45, 2.75) is 13.0 Å². The number of nitrogens with zero attached hydrogens (tertiary/aromatic N) is 1. The average molecular weight is 462 g/mol. The third-order valence-electron chi connectivity index (χ3n) is 5.51. The van der Waals surface area contributed by atoms with Gasteiger partial charge >= 0.3 is 5.97 Å². The minimum absolute atomic E-state index is 0.240. The second-order valence-corrected chi connectivity index (χ2v) is 7.95. The van der Waals surface area contributed by atoms with E-state index in [1.807, 2.05) is 6.07 Å². The molecule has 0 radical (unpaired) electrons. The van der Waals surface area contributed by atoms with Gasteiger partial charge in [0.1, 0.15) is 5.92 Å². The van der Waals surface area contributed by atoms with Gasteiger partial charge in [-0.25, -0.2) is 4.79 Å². The molecule has 1 fully saturated rings. The van der Waals surface area contributed by atoms with Crippen LogP contribution in [-0.4, -0.2) is 30.0 Å². The predicted octanol–water partition coefficient (Wildman–Crippen LogP) is 4.67. The van der Waals surface area contributed by atoms with Crippen LogP contribution in [-0.2, 0) is 14.3 Å². The highest BCUT2D eigenvalue weighted by atomic mass is 35.5. The van der Waals surface area contributed by atoms with Gasteiger partial charge in [-0.05, 0) is 61.0 Å². The molecule has 0 bridgehead atoms. The van der Waals surface area contributed by atoms with Crippen LogP contribution in [0.4, 0.5) is 5.69 Å². The lowest BCUT2D eigenvalue weighted by molar-refractivity contribution is -0.135. The van der Waals surface area contributed by atoms with Crippen molar-refractivity contribution in [3.63, 3.8) is 0 Å². The van der Waals surface area contributed by atoms with E-state index in [0.29, 0.717) is 27.4 Å². The van der Waals surface area contributed by atoms with E-state index in [9.17, 15) is 19.2 Å². The van der Waals surface area contributed by atoms with Crippen molar-refractivity contribution >= 4 is 40.7 Å². The minimum Gasteiger partial charge on any atom is -0.462 e. The lowest BCUT2D eigenvalue weighted by atomic mass is 9.86. The number of hydrogen-bond donors (Lipinski definition) is 0. The Morgan fingerprint density at radius 3 is 2.09 bits per heavy atom. The summed E-state index contributed by atoms with van der Waals surface area (Å²) in [7, 11) is 0. The number of ketones is 2. The van der Waals surface area contributed by atoms with Crippen LogP contribution >= 0.6 is 11.6 Å². The molecular weight excluding hydrogens is 442 g/mol. The second-order valence-electron chi connectivity index (χ2n) is 7.51. The Kier molecular flexibility index (Phi) is 6.38. The summed E-state index contributed by atoms with van der Waals surface area (Å²) in [5.74, 6) is -3.71. The smallest absolute Gasteiger partial charge is 0.338 e. The van der Waals surface area contributed by atoms with E-state index in [-0.39, 0.29) is 6.61 Å². The van der Waals surface area contributed by atoms with E-state index in [4.69, 9.17) is 16.3 Å². The van der Waals surface area contributed by atoms with Gasteiger partial charge in [0.05, 0.1) is 18.2 Å². The van der Waals surface area contributed by atoms with Crippen molar-refractivity contribution in [3.8, 4) is 0 Å². The maximum absolute atomic E-state index is 13.4. The molecule has 1 saturated heterocycles. The molecule has 3 aromatic carbocycles. The minimum atomic E-state index is -1.22. The SMILES string of the molecule is CCOC(=O)c1ccc(N2C(=O)C(=O)C(C(=O)c3ccc(Cl)cc3)C2c2ccccc2)cc1. The molecule has 7 heteroatoms. The summed E-state index contributed by atoms with van der Waals surface area (Å²) < 4.78 is 5.00. The van der Waals surface area contributed by atoms with Crippen molar-refractivity contribution in [1.82, 2.24) is 0 Å². The Balaban J connectivity index is 1.77. The number of hydrogen-bond acceptors (Lipinski definition) is 5. The summed E-state index contributed by atoms with van der Waals surface area (Å²) in [6.45, 7) is 1.95. The van der Waals surface area contributed by atoms with Crippen molar-refractivity contribution in [3.05, 3.63) is 101 Å². The molecule has 0 aromatic heterocycles. The number of benzene rings is 3. The van der Waals surface area contributed by atoms with Gasteiger partial charge in [0.15, 0.2) is 5.78 Å². The van der Waals surface area contributed by atoms with Crippen molar-refractivity contribution in [2.75, 3.05) is 11.5 Å². The molecular formula is C26H20ClNO5. The number of halogens is 1. The Hall–Kier alpha value is -3.77. The first-order valence-electron chi connectivity index (χ1n) is 10.4. The molecule has 2 atom stereocenters. The number of anilines is 1. The molecule has 3 aromatic rings. The molecule has 1 aliphatic rings. The van der Waals surface area contributed by atoms with Gasteiger partial charge in [-0.15, -0.1) is 0 Å². The molecule has 0 saturated carbocycles. The highest BCUT2D eigenvalue weighted by Crippen LogP contribution is 2.41. The monoisotopic (exact) mass is 461 g/mol. The van der Waals surface area contributed by atoms with Gasteiger partial charge in [0.25, 0.3) is 5.91 Å². The molecule has 0 spiro atoms. The molecule has 1 amide bonds. The lowest BCUT2D eigenvalue weighted by Gasteiger charge is -2.27. The number of ether oxygens (including phenoxy) is 1. The largest absolute Gasteiger partial charge is 0.462 e. The van der Waals surface area contributed by atoms with Crippen LogP contribution in [0.2, 0.25) is 5.02 Å². The topological polar surface area (TPSA) is 80.8 Å². The number of carbonyl (C=O) groups excluding carboxylic acids is 4. The zero-order valence-corrected chi connectivity index (χ0v) is 18.5. The summed E-state index contributed by atoms with van der Waals surface area (Å²) >= 11 is 5.94. The predicted molar refractivity (Wildman–Crippen MR) is 123 cm³/mol. The first kappa shape index (κ1) is 22.4. The second kappa shape index (κ2) is 9.38. The van der Waals surface area contributed by atoms with Gasteiger partial charge in [-0.2, -0.15) is 0 Å². The third-order valence-corrected chi connectivity index (χ3v) is 5.77. The maximum Gasteiger partial charge on any atom is 0.338 e. The summed E-state index contributed by atoms with van der Waals surface area (Å²) in [5, 5.41) is 0.461. The summed E-state index contributed by atoms with van der Waals surface area (Å²) in [4.78, 5) is 52.9. The van der Waals surface area contributed by atoms with Gasteiger partial charge in [-0.3, -0.25) is 19.3 Å². The van der Waals surface area contributed by atoms with Crippen LogP contribution in [0.5, 0.6) is 0 Å². The van der Waals surface area contributed by atoms with Gasteiger partial charge in [-0.1, -0.05) is 41.9 Å². The van der Waals surface area contributed by atoms with Crippen LogP contribution in [0, 0.1) is 5.92 Å². The molecule has 2 unspecified atom stereocenters. The van der Waals surface area contributed by atoms with Crippen LogP contribution in [0.1, 0.15) is 39.2 Å². The molecule has 1 heterocycles. The summed E-state index contributed by atoms with van der Waals surface area (Å²) in [6, 6.07) is 20.5. The molecule has 6 nitrogen and oxygen atoms in total. The standard InChI is InChI=1S/C26H20ClNO5/c1-2-33-26(32)18-10-14-20(15-11-18)28-22(16-6-4-3-5-7-16)21(24(30)25(28)31)23(29)17-8-12-19(27)13-9-17/h3-15,21-22H,2H2,1H3. The van der Waals surface area contributed by atoms with Crippen molar-refractivity contribution in [1.29, 1.82) is 0 Å². The molecule has 1 aliphatic heterocycles. The van der Waals surface area contributed by atoms with E-state index in [1.165, 1.54) is 17.0 Å². The first-order valence-corrected chi connectivity index (χ1v) is 10.8. The quantitative estimate of drug-likeness (QED) is 0.230. The number of amides is 1. The summed E-state index contributed by atoms with van der Waals surface area (Å²) in [5.41, 5.74) is 1.68. The van der Waals surface area contributed by atoms with Gasteiger partial charge in [0.2, 0.25) is 5.78 Å². The van der Waals surface area contributed by atoms with Crippen molar-refractivity contribution < 1.29 is 23.9 Å². The Bertz CT molecular complexity index is 1210. The molecule has 4 rings (SSSR count).